The number of anilines is 1. The number of hydrogen-bond donors (Lipinski definition) is 1. The fraction of sp³-hybridized carbons (Fsp3) is 0.207. The maximum Gasteiger partial charge on any atom is 0.301 e. The second-order valence-corrected chi connectivity index (χ2v) is 9.66. The van der Waals surface area contributed by atoms with E-state index in [0.717, 1.165) is 17.8 Å². The number of rotatable bonds is 8. The molecule has 5 rings (SSSR count). The van der Waals surface area contributed by atoms with Crippen LogP contribution in [0, 0.1) is 5.82 Å². The van der Waals surface area contributed by atoms with Crippen LogP contribution >= 0.6 is 11.3 Å². The van der Waals surface area contributed by atoms with Crippen molar-refractivity contribution in [2.24, 2.45) is 0 Å². The summed E-state index contributed by atoms with van der Waals surface area (Å²) >= 11 is 1.10. The summed E-state index contributed by atoms with van der Waals surface area (Å²) in [5.41, 5.74) is 1.39. The second-order valence-electron chi connectivity index (χ2n) is 8.65. The van der Waals surface area contributed by atoms with Gasteiger partial charge < -0.3 is 14.6 Å². The Balaban J connectivity index is 1.64. The average molecular weight is 533 g/mol. The van der Waals surface area contributed by atoms with Gasteiger partial charge in [-0.1, -0.05) is 30.4 Å². The number of aliphatic hydroxyl groups is 1. The summed E-state index contributed by atoms with van der Waals surface area (Å²) in [5, 5.41) is 11.6. The number of Topliss-reactive ketones (excluding diaryl/α,β-unsaturated/α-hetero) is 1. The first-order valence-electron chi connectivity index (χ1n) is 12.2. The number of fused-ring (bicyclic) bond motifs is 1. The number of amides is 1. The van der Waals surface area contributed by atoms with Crippen molar-refractivity contribution in [1.29, 1.82) is 0 Å². The van der Waals surface area contributed by atoms with Gasteiger partial charge in [0.2, 0.25) is 0 Å². The van der Waals surface area contributed by atoms with Crippen molar-refractivity contribution < 1.29 is 28.6 Å². The number of carbonyl (C=O) groups is 2. The molecule has 1 unspecified atom stereocenters. The van der Waals surface area contributed by atoms with E-state index in [1.165, 1.54) is 23.1 Å². The van der Waals surface area contributed by atoms with Gasteiger partial charge in [-0.05, 0) is 73.5 Å². The molecule has 0 bridgehead atoms. The zero-order valence-electron chi connectivity index (χ0n) is 20.8. The van der Waals surface area contributed by atoms with Crippen LogP contribution in [0.4, 0.5) is 9.52 Å². The first-order chi connectivity index (χ1) is 18.4. The Kier molecular flexibility index (Phi) is 7.11. The molecule has 1 aliphatic heterocycles. The summed E-state index contributed by atoms with van der Waals surface area (Å²) in [7, 11) is 0. The summed E-state index contributed by atoms with van der Waals surface area (Å²) in [6.45, 7) is 4.91. The van der Waals surface area contributed by atoms with Crippen LogP contribution in [-0.4, -0.2) is 35.0 Å². The lowest BCUT2D eigenvalue weighted by atomic mass is 9.95. The molecule has 1 atom stereocenters. The topological polar surface area (TPSA) is 89.0 Å². The summed E-state index contributed by atoms with van der Waals surface area (Å²) in [6.07, 6.45) is 0.849. The van der Waals surface area contributed by atoms with Crippen molar-refractivity contribution in [2.45, 2.75) is 26.3 Å². The van der Waals surface area contributed by atoms with E-state index in [4.69, 9.17) is 9.47 Å². The smallest absolute Gasteiger partial charge is 0.301 e. The number of hydrogen-bond acceptors (Lipinski definition) is 7. The molecule has 1 saturated heterocycles. The summed E-state index contributed by atoms with van der Waals surface area (Å²) in [5.74, 6) is -1.13. The third-order valence-electron chi connectivity index (χ3n) is 6.10. The van der Waals surface area contributed by atoms with Crippen LogP contribution in [0.15, 0.2) is 72.3 Å². The Morgan fingerprint density at radius 1 is 1.00 bits per heavy atom. The molecule has 1 N–H and O–H groups in total. The van der Waals surface area contributed by atoms with Crippen LogP contribution in [0.1, 0.15) is 37.4 Å². The fourth-order valence-electron chi connectivity index (χ4n) is 4.33. The van der Waals surface area contributed by atoms with Gasteiger partial charge in [-0.15, -0.1) is 0 Å². The van der Waals surface area contributed by atoms with Crippen LogP contribution in [-0.2, 0) is 9.59 Å². The first-order valence-corrected chi connectivity index (χ1v) is 13.1. The summed E-state index contributed by atoms with van der Waals surface area (Å²) in [6, 6.07) is 16.9. The molecule has 9 heteroatoms. The van der Waals surface area contributed by atoms with Crippen molar-refractivity contribution in [3.8, 4) is 11.5 Å². The number of benzene rings is 3. The van der Waals surface area contributed by atoms with Crippen LogP contribution in [0.5, 0.6) is 11.5 Å². The van der Waals surface area contributed by atoms with Gasteiger partial charge in [0.1, 0.15) is 23.1 Å². The number of ether oxygens (including phenoxy) is 2. The molecule has 0 spiro atoms. The maximum absolute atomic E-state index is 13.8. The van der Waals surface area contributed by atoms with E-state index in [2.05, 4.69) is 4.98 Å². The van der Waals surface area contributed by atoms with Gasteiger partial charge in [0.05, 0.1) is 35.0 Å². The first kappa shape index (κ1) is 25.4. The van der Waals surface area contributed by atoms with Crippen LogP contribution < -0.4 is 14.4 Å². The minimum atomic E-state index is -0.952. The van der Waals surface area contributed by atoms with E-state index < -0.39 is 23.5 Å². The fourth-order valence-corrected chi connectivity index (χ4v) is 5.35. The normalized spacial score (nSPS) is 16.8. The Labute approximate surface area is 222 Å². The Morgan fingerprint density at radius 3 is 2.37 bits per heavy atom. The number of aliphatic hydroxyl groups excluding tert-OH is 1. The predicted octanol–water partition coefficient (Wildman–Crippen LogP) is 6.25. The van der Waals surface area contributed by atoms with Gasteiger partial charge in [-0.3, -0.25) is 14.5 Å². The highest BCUT2D eigenvalue weighted by atomic mass is 32.1. The van der Waals surface area contributed by atoms with E-state index in [1.807, 2.05) is 13.8 Å². The van der Waals surface area contributed by atoms with Crippen LogP contribution in [0.25, 0.3) is 16.0 Å². The number of thiazole rings is 1. The third-order valence-corrected chi connectivity index (χ3v) is 7.11. The zero-order chi connectivity index (χ0) is 26.8. The van der Waals surface area contributed by atoms with Crippen molar-refractivity contribution in [3.63, 3.8) is 0 Å². The molecule has 1 aliphatic rings. The Bertz CT molecular complexity index is 1530. The van der Waals surface area contributed by atoms with Gasteiger partial charge >= 0.3 is 5.91 Å². The minimum absolute atomic E-state index is 0.0631. The Morgan fingerprint density at radius 2 is 1.68 bits per heavy atom. The van der Waals surface area contributed by atoms with Gasteiger partial charge in [-0.25, -0.2) is 9.37 Å². The molecular formula is C29H25FN2O5S. The predicted molar refractivity (Wildman–Crippen MR) is 144 cm³/mol. The molecule has 0 radical (unpaired) electrons. The third kappa shape index (κ3) is 4.72. The van der Waals surface area contributed by atoms with Gasteiger partial charge in [0.25, 0.3) is 5.78 Å². The highest BCUT2D eigenvalue weighted by Crippen LogP contribution is 2.44. The van der Waals surface area contributed by atoms with E-state index in [-0.39, 0.29) is 16.5 Å². The molecule has 1 fully saturated rings. The SMILES string of the molecule is CCCOc1ccc(C2/C(=C(\O)c3ccc(OCC)cc3)C(=O)C(=O)N2c2nc3ccc(F)cc3s2)cc1. The molecule has 0 saturated carbocycles. The quantitative estimate of drug-likeness (QED) is 0.164. The van der Waals surface area contributed by atoms with Crippen LogP contribution in [0.3, 0.4) is 0 Å². The summed E-state index contributed by atoms with van der Waals surface area (Å²) in [4.78, 5) is 32.6. The van der Waals surface area contributed by atoms with Gasteiger partial charge in [-0.2, -0.15) is 0 Å². The number of carbonyl (C=O) groups excluding carboxylic acids is 2. The summed E-state index contributed by atoms with van der Waals surface area (Å²) < 4.78 is 25.5. The molecule has 4 aromatic rings. The lowest BCUT2D eigenvalue weighted by molar-refractivity contribution is -0.132. The van der Waals surface area contributed by atoms with E-state index in [1.54, 1.807) is 48.5 Å². The van der Waals surface area contributed by atoms with Crippen molar-refractivity contribution in [2.75, 3.05) is 18.1 Å². The van der Waals surface area contributed by atoms with Crippen molar-refractivity contribution in [3.05, 3.63) is 89.2 Å². The highest BCUT2D eigenvalue weighted by Gasteiger charge is 2.48. The second kappa shape index (κ2) is 10.6. The number of nitrogens with zero attached hydrogens (tertiary/aromatic N) is 2. The van der Waals surface area contributed by atoms with E-state index in [0.29, 0.717) is 46.1 Å². The van der Waals surface area contributed by atoms with Gasteiger partial charge in [0.15, 0.2) is 5.13 Å². The number of ketones is 1. The zero-order valence-corrected chi connectivity index (χ0v) is 21.6. The molecule has 1 amide bonds. The lowest BCUT2D eigenvalue weighted by Crippen LogP contribution is -2.29. The largest absolute Gasteiger partial charge is 0.507 e. The minimum Gasteiger partial charge on any atom is -0.507 e. The molecule has 38 heavy (non-hydrogen) atoms. The molecule has 7 nitrogen and oxygen atoms in total. The monoisotopic (exact) mass is 532 g/mol. The lowest BCUT2D eigenvalue weighted by Gasteiger charge is -2.23. The van der Waals surface area contributed by atoms with E-state index >= 15 is 0 Å². The maximum atomic E-state index is 13.8. The van der Waals surface area contributed by atoms with Crippen LogP contribution in [0.2, 0.25) is 0 Å². The average Bonchev–Trinajstić information content (AvgIpc) is 3.45. The van der Waals surface area contributed by atoms with Gasteiger partial charge in [0, 0.05) is 5.56 Å². The number of aromatic nitrogens is 1. The highest BCUT2D eigenvalue weighted by molar-refractivity contribution is 7.22. The van der Waals surface area contributed by atoms with E-state index in [9.17, 15) is 19.1 Å². The van der Waals surface area contributed by atoms with Crippen molar-refractivity contribution in [1.82, 2.24) is 4.98 Å². The Hall–Kier alpha value is -4.24. The molecular weight excluding hydrogens is 507 g/mol. The molecule has 1 aromatic heterocycles. The molecule has 3 aromatic carbocycles. The number of halogens is 1. The van der Waals surface area contributed by atoms with Crippen molar-refractivity contribution >= 4 is 44.1 Å². The molecule has 0 aliphatic carbocycles. The standard InChI is InChI=1S/C29H25FN2O5S/c1-3-15-37-21-10-5-17(6-11-21)25-24(26(33)18-7-12-20(13-8-18)36-4-2)27(34)28(35)32(25)29-31-22-14-9-19(30)16-23(22)38-29/h5-14,16,25,33H,3-4,15H2,1-2H3/b26-24+. The molecule has 2 heterocycles. The molecule has 194 valence electrons.